The van der Waals surface area contributed by atoms with Crippen LogP contribution >= 0.6 is 0 Å². The van der Waals surface area contributed by atoms with E-state index in [9.17, 15) is 0 Å². The number of anilines is 1. The minimum Gasteiger partial charge on any atom is -0.307 e. The lowest BCUT2D eigenvalue weighted by Crippen LogP contribution is -2.25. The van der Waals surface area contributed by atoms with E-state index in [0.717, 1.165) is 33.6 Å². The topological polar surface area (TPSA) is 87.6 Å². The van der Waals surface area contributed by atoms with E-state index in [1.165, 1.54) is 5.01 Å². The molecule has 0 radical (unpaired) electrons. The zero-order chi connectivity index (χ0) is 17.2. The van der Waals surface area contributed by atoms with Gasteiger partial charge in [-0.15, -0.1) is 0 Å². The molecule has 124 valence electrons. The SMILES string of the molecule is C=N/C(=C\N(N)c1cccc2[nH]ncc12)Cc1cn2ccccc2n1. The number of imidazole rings is 1. The van der Waals surface area contributed by atoms with Gasteiger partial charge in [-0.05, 0) is 31.0 Å². The molecule has 3 aromatic heterocycles. The third-order valence-electron chi connectivity index (χ3n) is 4.01. The van der Waals surface area contributed by atoms with Crippen molar-refractivity contribution in [2.24, 2.45) is 10.8 Å². The van der Waals surface area contributed by atoms with Gasteiger partial charge in [-0.25, -0.2) is 10.8 Å². The van der Waals surface area contributed by atoms with E-state index >= 15 is 0 Å². The lowest BCUT2D eigenvalue weighted by atomic mass is 10.2. The molecular formula is C18H17N7. The molecule has 0 saturated carbocycles. The lowest BCUT2D eigenvalue weighted by molar-refractivity contribution is 1.00. The largest absolute Gasteiger partial charge is 0.307 e. The number of aliphatic imine (C=N–C) groups is 1. The first-order chi connectivity index (χ1) is 12.2. The summed E-state index contributed by atoms with van der Waals surface area (Å²) in [5, 5.41) is 9.48. The molecule has 25 heavy (non-hydrogen) atoms. The lowest BCUT2D eigenvalue weighted by Gasteiger charge is -2.15. The number of H-pyrrole nitrogens is 1. The van der Waals surface area contributed by atoms with Gasteiger partial charge in [0, 0.05) is 30.4 Å². The average molecular weight is 331 g/mol. The maximum Gasteiger partial charge on any atom is 0.136 e. The van der Waals surface area contributed by atoms with Crippen LogP contribution in [0.15, 0.2) is 71.9 Å². The molecule has 3 heterocycles. The molecule has 4 aromatic rings. The summed E-state index contributed by atoms with van der Waals surface area (Å²) in [6.07, 6.45) is 8.00. The summed E-state index contributed by atoms with van der Waals surface area (Å²) in [5.41, 5.74) is 4.29. The number of benzene rings is 1. The number of pyridine rings is 1. The van der Waals surface area contributed by atoms with E-state index in [4.69, 9.17) is 5.84 Å². The van der Waals surface area contributed by atoms with E-state index in [-0.39, 0.29) is 0 Å². The predicted molar refractivity (Wildman–Crippen MR) is 99.3 cm³/mol. The molecule has 0 spiro atoms. The Morgan fingerprint density at radius 1 is 1.32 bits per heavy atom. The Labute approximate surface area is 144 Å². The van der Waals surface area contributed by atoms with Crippen LogP contribution in [-0.4, -0.2) is 26.3 Å². The van der Waals surface area contributed by atoms with Crippen LogP contribution in [0.2, 0.25) is 0 Å². The van der Waals surface area contributed by atoms with Gasteiger partial charge in [0.15, 0.2) is 0 Å². The summed E-state index contributed by atoms with van der Waals surface area (Å²) >= 11 is 0. The molecule has 0 bridgehead atoms. The van der Waals surface area contributed by atoms with E-state index in [1.54, 1.807) is 12.4 Å². The molecule has 0 aliphatic carbocycles. The normalized spacial score (nSPS) is 12.0. The minimum atomic E-state index is 0.542. The maximum absolute atomic E-state index is 6.23. The summed E-state index contributed by atoms with van der Waals surface area (Å²) in [7, 11) is 0. The standard InChI is InChI=1S/C18H17N7/c1-20-13(9-14-11-24-8-3-2-7-18(24)22-14)12-25(19)17-6-4-5-16-15(17)10-21-23-16/h2-8,10-12H,1,9,19H2,(H,21,23)/b13-12-. The van der Waals surface area contributed by atoms with E-state index in [2.05, 4.69) is 26.9 Å². The van der Waals surface area contributed by atoms with Crippen LogP contribution in [0.1, 0.15) is 5.69 Å². The van der Waals surface area contributed by atoms with Crippen molar-refractivity contribution in [2.75, 3.05) is 5.01 Å². The van der Waals surface area contributed by atoms with E-state index in [1.807, 2.05) is 53.2 Å². The fraction of sp³-hybridized carbons (Fsp3) is 0.0556. The number of allylic oxidation sites excluding steroid dienone is 1. The molecular weight excluding hydrogens is 314 g/mol. The third-order valence-corrected chi connectivity index (χ3v) is 4.01. The van der Waals surface area contributed by atoms with Gasteiger partial charge in [0.05, 0.1) is 28.8 Å². The summed E-state index contributed by atoms with van der Waals surface area (Å²) < 4.78 is 1.97. The second-order valence-electron chi connectivity index (χ2n) is 5.67. The summed E-state index contributed by atoms with van der Waals surface area (Å²) in [5.74, 6) is 6.23. The van der Waals surface area contributed by atoms with Crippen LogP contribution < -0.4 is 10.9 Å². The number of hydrogen-bond donors (Lipinski definition) is 2. The Morgan fingerprint density at radius 2 is 2.24 bits per heavy atom. The van der Waals surface area contributed by atoms with Gasteiger partial charge in [-0.1, -0.05) is 12.1 Å². The number of hydrazine groups is 1. The Morgan fingerprint density at radius 3 is 3.08 bits per heavy atom. The number of rotatable bonds is 5. The van der Waals surface area contributed by atoms with E-state index < -0.39 is 0 Å². The van der Waals surface area contributed by atoms with Gasteiger partial charge >= 0.3 is 0 Å². The van der Waals surface area contributed by atoms with Crippen molar-refractivity contribution >= 4 is 29.0 Å². The summed E-state index contributed by atoms with van der Waals surface area (Å²) in [6, 6.07) is 11.7. The minimum absolute atomic E-state index is 0.542. The number of hydrogen-bond acceptors (Lipinski definition) is 5. The van der Waals surface area contributed by atoms with Crippen molar-refractivity contribution in [1.82, 2.24) is 19.6 Å². The van der Waals surface area contributed by atoms with Gasteiger partial charge in [0.2, 0.25) is 0 Å². The van der Waals surface area contributed by atoms with Crippen LogP contribution in [0.4, 0.5) is 5.69 Å². The molecule has 3 N–H and O–H groups in total. The predicted octanol–water partition coefficient (Wildman–Crippen LogP) is 2.68. The zero-order valence-corrected chi connectivity index (χ0v) is 13.5. The van der Waals surface area contributed by atoms with Gasteiger partial charge in [-0.3, -0.25) is 15.1 Å². The first-order valence-corrected chi connectivity index (χ1v) is 7.80. The highest BCUT2D eigenvalue weighted by molar-refractivity contribution is 5.91. The maximum atomic E-state index is 6.23. The second-order valence-corrected chi connectivity index (χ2v) is 5.67. The average Bonchev–Trinajstić information content (AvgIpc) is 3.26. The van der Waals surface area contributed by atoms with Crippen LogP contribution in [0.3, 0.4) is 0 Å². The molecule has 4 rings (SSSR count). The molecule has 0 atom stereocenters. The molecule has 0 unspecified atom stereocenters. The molecule has 7 heteroatoms. The first-order valence-electron chi connectivity index (χ1n) is 7.80. The van der Waals surface area contributed by atoms with Crippen molar-refractivity contribution < 1.29 is 0 Å². The Bertz CT molecular complexity index is 1040. The monoisotopic (exact) mass is 331 g/mol. The van der Waals surface area contributed by atoms with Crippen molar-refractivity contribution in [2.45, 2.75) is 6.42 Å². The number of nitrogens with two attached hydrogens (primary N) is 1. The van der Waals surface area contributed by atoms with Crippen molar-refractivity contribution in [3.05, 3.63) is 72.6 Å². The van der Waals surface area contributed by atoms with Gasteiger partial charge in [0.1, 0.15) is 5.65 Å². The number of aromatic amines is 1. The van der Waals surface area contributed by atoms with Crippen molar-refractivity contribution in [3.63, 3.8) is 0 Å². The highest BCUT2D eigenvalue weighted by Gasteiger charge is 2.09. The highest BCUT2D eigenvalue weighted by Crippen LogP contribution is 2.24. The molecule has 0 aliphatic heterocycles. The van der Waals surface area contributed by atoms with Crippen molar-refractivity contribution in [1.29, 1.82) is 0 Å². The van der Waals surface area contributed by atoms with Gasteiger partial charge < -0.3 is 4.40 Å². The fourth-order valence-corrected chi connectivity index (χ4v) is 2.81. The Hall–Kier alpha value is -3.45. The third kappa shape index (κ3) is 2.88. The molecule has 0 saturated heterocycles. The molecule has 0 amide bonds. The number of nitrogens with zero attached hydrogens (tertiary/aromatic N) is 5. The summed E-state index contributed by atoms with van der Waals surface area (Å²) in [4.78, 5) is 8.69. The van der Waals surface area contributed by atoms with Crippen LogP contribution in [0.5, 0.6) is 0 Å². The van der Waals surface area contributed by atoms with E-state index in [0.29, 0.717) is 6.42 Å². The van der Waals surface area contributed by atoms with Gasteiger partial charge in [-0.2, -0.15) is 5.10 Å². The number of nitrogens with one attached hydrogen (secondary N) is 1. The molecule has 0 fully saturated rings. The van der Waals surface area contributed by atoms with Gasteiger partial charge in [0.25, 0.3) is 0 Å². The van der Waals surface area contributed by atoms with Crippen LogP contribution in [0, 0.1) is 0 Å². The number of fused-ring (bicyclic) bond motifs is 2. The molecule has 1 aromatic carbocycles. The number of aromatic nitrogens is 4. The highest BCUT2D eigenvalue weighted by atomic mass is 15.4. The van der Waals surface area contributed by atoms with Crippen molar-refractivity contribution in [3.8, 4) is 0 Å². The molecule has 0 aliphatic rings. The second kappa shape index (κ2) is 6.21. The molecule has 7 nitrogen and oxygen atoms in total. The first kappa shape index (κ1) is 15.1. The van der Waals surface area contributed by atoms with Crippen LogP contribution in [0.25, 0.3) is 16.6 Å². The fourth-order valence-electron chi connectivity index (χ4n) is 2.81. The summed E-state index contributed by atoms with van der Waals surface area (Å²) in [6.45, 7) is 3.66. The Balaban J connectivity index is 1.63. The smallest absolute Gasteiger partial charge is 0.136 e. The van der Waals surface area contributed by atoms with Crippen LogP contribution in [-0.2, 0) is 6.42 Å². The Kier molecular flexibility index (Phi) is 3.75. The zero-order valence-electron chi connectivity index (χ0n) is 13.5. The quantitative estimate of drug-likeness (QED) is 0.334.